The molecule has 2 aliphatic heterocycles. The standard InChI is InChI=1S/C18H18O5/c1-19-10-4-6-12-14(8-10)22-17-13-7-5-11(20-2)9-15(13)23-18(21-3)16(12)17/h4-9,16-18H,1-3H3/t16-,17-,18-/m0/s1. The maximum absolute atomic E-state index is 6.20. The Morgan fingerprint density at radius 2 is 1.39 bits per heavy atom. The molecule has 5 heteroatoms. The summed E-state index contributed by atoms with van der Waals surface area (Å²) in [6, 6.07) is 11.6. The van der Waals surface area contributed by atoms with E-state index in [1.807, 2.05) is 36.4 Å². The molecule has 5 nitrogen and oxygen atoms in total. The first-order valence-corrected chi connectivity index (χ1v) is 7.47. The van der Waals surface area contributed by atoms with Crippen LogP contribution in [0.2, 0.25) is 0 Å². The minimum atomic E-state index is -0.408. The highest BCUT2D eigenvalue weighted by Gasteiger charge is 2.47. The van der Waals surface area contributed by atoms with Gasteiger partial charge in [0.15, 0.2) is 0 Å². The van der Waals surface area contributed by atoms with E-state index in [0.717, 1.165) is 34.1 Å². The van der Waals surface area contributed by atoms with Crippen LogP contribution in [0.5, 0.6) is 23.0 Å². The lowest BCUT2D eigenvalue weighted by Gasteiger charge is -2.34. The Kier molecular flexibility index (Phi) is 3.31. The summed E-state index contributed by atoms with van der Waals surface area (Å²) < 4.78 is 28.4. The zero-order valence-corrected chi connectivity index (χ0v) is 13.2. The molecule has 0 saturated carbocycles. The first-order chi connectivity index (χ1) is 11.2. The monoisotopic (exact) mass is 314 g/mol. The molecule has 0 radical (unpaired) electrons. The summed E-state index contributed by atoms with van der Waals surface area (Å²) in [5.41, 5.74) is 2.07. The van der Waals surface area contributed by atoms with Gasteiger partial charge in [0.05, 0.1) is 20.1 Å². The molecule has 120 valence electrons. The van der Waals surface area contributed by atoms with Gasteiger partial charge in [-0.2, -0.15) is 0 Å². The Balaban J connectivity index is 1.80. The second-order valence-corrected chi connectivity index (χ2v) is 5.59. The van der Waals surface area contributed by atoms with Crippen LogP contribution in [-0.4, -0.2) is 27.6 Å². The number of methoxy groups -OCH3 is 3. The van der Waals surface area contributed by atoms with Crippen molar-refractivity contribution in [1.82, 2.24) is 0 Å². The maximum atomic E-state index is 6.20. The molecule has 0 aromatic heterocycles. The molecule has 0 aliphatic carbocycles. The lowest BCUT2D eigenvalue weighted by Crippen LogP contribution is -2.34. The molecule has 0 N–H and O–H groups in total. The van der Waals surface area contributed by atoms with Crippen LogP contribution in [-0.2, 0) is 4.74 Å². The molecule has 2 aliphatic rings. The van der Waals surface area contributed by atoms with Crippen LogP contribution in [0.4, 0.5) is 0 Å². The van der Waals surface area contributed by atoms with Gasteiger partial charge in [0, 0.05) is 30.4 Å². The zero-order valence-electron chi connectivity index (χ0n) is 13.2. The van der Waals surface area contributed by atoms with Crippen molar-refractivity contribution < 1.29 is 23.7 Å². The van der Waals surface area contributed by atoms with Gasteiger partial charge in [0.1, 0.15) is 29.1 Å². The van der Waals surface area contributed by atoms with E-state index in [9.17, 15) is 0 Å². The van der Waals surface area contributed by atoms with Crippen LogP contribution >= 0.6 is 0 Å². The van der Waals surface area contributed by atoms with Crippen LogP contribution in [0, 0.1) is 0 Å². The number of benzene rings is 2. The van der Waals surface area contributed by atoms with Crippen molar-refractivity contribution in [2.45, 2.75) is 18.3 Å². The minimum Gasteiger partial charge on any atom is -0.497 e. The van der Waals surface area contributed by atoms with Crippen molar-refractivity contribution in [2.24, 2.45) is 0 Å². The van der Waals surface area contributed by atoms with E-state index >= 15 is 0 Å². The normalized spacial score (nSPS) is 23.9. The fourth-order valence-corrected chi connectivity index (χ4v) is 3.31. The predicted octanol–water partition coefficient (Wildman–Crippen LogP) is 3.29. The summed E-state index contributed by atoms with van der Waals surface area (Å²) >= 11 is 0. The second-order valence-electron chi connectivity index (χ2n) is 5.59. The van der Waals surface area contributed by atoms with E-state index in [0.29, 0.717) is 0 Å². The second kappa shape index (κ2) is 5.35. The third kappa shape index (κ3) is 2.11. The van der Waals surface area contributed by atoms with Gasteiger partial charge in [-0.25, -0.2) is 0 Å². The quantitative estimate of drug-likeness (QED) is 0.870. The van der Waals surface area contributed by atoms with Crippen molar-refractivity contribution in [3.63, 3.8) is 0 Å². The van der Waals surface area contributed by atoms with Crippen molar-refractivity contribution >= 4 is 0 Å². The van der Waals surface area contributed by atoms with E-state index in [4.69, 9.17) is 23.7 Å². The van der Waals surface area contributed by atoms with Gasteiger partial charge in [0.25, 0.3) is 0 Å². The minimum absolute atomic E-state index is 0.0122. The first-order valence-electron chi connectivity index (χ1n) is 7.47. The number of hydrogen-bond acceptors (Lipinski definition) is 5. The van der Waals surface area contributed by atoms with Crippen LogP contribution in [0.3, 0.4) is 0 Å². The average molecular weight is 314 g/mol. The Morgan fingerprint density at radius 3 is 2.00 bits per heavy atom. The van der Waals surface area contributed by atoms with Gasteiger partial charge >= 0.3 is 0 Å². The fourth-order valence-electron chi connectivity index (χ4n) is 3.31. The Morgan fingerprint density at radius 1 is 0.783 bits per heavy atom. The fraction of sp³-hybridized carbons (Fsp3) is 0.333. The molecular weight excluding hydrogens is 296 g/mol. The molecule has 23 heavy (non-hydrogen) atoms. The van der Waals surface area contributed by atoms with Gasteiger partial charge in [-0.15, -0.1) is 0 Å². The largest absolute Gasteiger partial charge is 0.497 e. The van der Waals surface area contributed by atoms with Gasteiger partial charge in [-0.3, -0.25) is 0 Å². The van der Waals surface area contributed by atoms with Crippen molar-refractivity contribution in [2.75, 3.05) is 21.3 Å². The average Bonchev–Trinajstić information content (AvgIpc) is 2.99. The number of fused-ring (bicyclic) bond motifs is 5. The molecule has 0 unspecified atom stereocenters. The highest BCUT2D eigenvalue weighted by Crippen LogP contribution is 2.54. The third-order valence-corrected chi connectivity index (χ3v) is 4.46. The molecule has 0 fully saturated rings. The predicted molar refractivity (Wildman–Crippen MR) is 83.5 cm³/mol. The summed E-state index contributed by atoms with van der Waals surface area (Å²) in [5.74, 6) is 3.05. The Labute approximate surface area is 134 Å². The van der Waals surface area contributed by atoms with E-state index < -0.39 is 6.29 Å². The van der Waals surface area contributed by atoms with Crippen LogP contribution in [0.1, 0.15) is 23.1 Å². The van der Waals surface area contributed by atoms with E-state index in [-0.39, 0.29) is 12.0 Å². The Hall–Kier alpha value is -2.40. The van der Waals surface area contributed by atoms with Gasteiger partial charge in [0.2, 0.25) is 6.29 Å². The highest BCUT2D eigenvalue weighted by atomic mass is 16.7. The van der Waals surface area contributed by atoms with E-state index in [1.165, 1.54) is 0 Å². The Bertz CT molecular complexity index is 742. The molecule has 2 aromatic carbocycles. The van der Waals surface area contributed by atoms with Crippen LogP contribution < -0.4 is 18.9 Å². The number of rotatable bonds is 3. The summed E-state index contributed by atoms with van der Waals surface area (Å²) in [5, 5.41) is 0. The van der Waals surface area contributed by atoms with Gasteiger partial charge < -0.3 is 23.7 Å². The van der Waals surface area contributed by atoms with Crippen LogP contribution in [0.25, 0.3) is 0 Å². The highest BCUT2D eigenvalue weighted by molar-refractivity contribution is 5.53. The maximum Gasteiger partial charge on any atom is 0.210 e. The zero-order chi connectivity index (χ0) is 16.0. The summed E-state index contributed by atoms with van der Waals surface area (Å²) in [6.07, 6.45) is -0.550. The number of ether oxygens (including phenoxy) is 5. The van der Waals surface area contributed by atoms with Gasteiger partial charge in [-0.05, 0) is 18.2 Å². The van der Waals surface area contributed by atoms with Crippen LogP contribution in [0.15, 0.2) is 36.4 Å². The molecule has 2 heterocycles. The van der Waals surface area contributed by atoms with Crippen molar-refractivity contribution in [3.8, 4) is 23.0 Å². The topological polar surface area (TPSA) is 46.2 Å². The van der Waals surface area contributed by atoms with E-state index in [1.54, 1.807) is 21.3 Å². The molecule has 0 spiro atoms. The lowest BCUT2D eigenvalue weighted by molar-refractivity contribution is -0.0994. The van der Waals surface area contributed by atoms with Crippen molar-refractivity contribution in [1.29, 1.82) is 0 Å². The molecule has 2 aromatic rings. The SMILES string of the molecule is COc1ccc2c(c1)O[C@H]1c3ccc(OC)cc3O[C@H](OC)[C@@H]21. The summed E-state index contributed by atoms with van der Waals surface area (Å²) in [6.45, 7) is 0. The third-order valence-electron chi connectivity index (χ3n) is 4.46. The number of hydrogen-bond donors (Lipinski definition) is 0. The summed E-state index contributed by atoms with van der Waals surface area (Å²) in [4.78, 5) is 0. The van der Waals surface area contributed by atoms with Gasteiger partial charge in [-0.1, -0.05) is 6.07 Å². The smallest absolute Gasteiger partial charge is 0.210 e. The molecule has 0 saturated heterocycles. The molecule has 0 amide bonds. The molecular formula is C18H18O5. The molecule has 3 atom stereocenters. The first kappa shape index (κ1) is 14.2. The molecule has 0 bridgehead atoms. The molecule has 4 rings (SSSR count). The lowest BCUT2D eigenvalue weighted by atomic mass is 9.88. The van der Waals surface area contributed by atoms with E-state index in [2.05, 4.69) is 0 Å². The summed E-state index contributed by atoms with van der Waals surface area (Å²) in [7, 11) is 4.93. The van der Waals surface area contributed by atoms with Crippen molar-refractivity contribution in [3.05, 3.63) is 47.5 Å².